The first kappa shape index (κ1) is 16.2. The van der Waals surface area contributed by atoms with Crippen LogP contribution in [0.4, 0.5) is 13.2 Å². The maximum absolute atomic E-state index is 12.6. The van der Waals surface area contributed by atoms with Crippen LogP contribution in [0.2, 0.25) is 0 Å². The summed E-state index contributed by atoms with van der Waals surface area (Å²) >= 11 is 0. The van der Waals surface area contributed by atoms with Crippen molar-refractivity contribution in [2.24, 2.45) is 11.7 Å². The van der Waals surface area contributed by atoms with Crippen molar-refractivity contribution in [1.82, 2.24) is 4.90 Å². The van der Waals surface area contributed by atoms with E-state index in [4.69, 9.17) is 10.5 Å². The Morgan fingerprint density at radius 2 is 2.05 bits per heavy atom. The van der Waals surface area contributed by atoms with E-state index in [1.807, 2.05) is 0 Å². The Kier molecular flexibility index (Phi) is 5.61. The van der Waals surface area contributed by atoms with Gasteiger partial charge in [0.05, 0.1) is 6.04 Å². The van der Waals surface area contributed by atoms with Crippen LogP contribution in [0.25, 0.3) is 0 Å². The van der Waals surface area contributed by atoms with E-state index in [-0.39, 0.29) is 18.9 Å². The molecule has 1 aliphatic rings. The van der Waals surface area contributed by atoms with E-state index in [0.29, 0.717) is 0 Å². The Morgan fingerprint density at radius 1 is 1.47 bits per heavy atom. The molecule has 0 bridgehead atoms. The summed E-state index contributed by atoms with van der Waals surface area (Å²) in [6, 6.07) is -1.36. The molecule has 0 aliphatic heterocycles. The summed E-state index contributed by atoms with van der Waals surface area (Å²) in [7, 11) is 1.46. The standard InChI is InChI=1S/C12H21F3N2O2/c1-8(9-3-4-9)17(7-12(13,14)15)11(18)10(16)5-6-19-2/h8-10H,3-7,16H2,1-2H3. The molecule has 19 heavy (non-hydrogen) atoms. The molecule has 0 saturated heterocycles. The Balaban J connectivity index is 2.68. The van der Waals surface area contributed by atoms with Crippen molar-refractivity contribution in [2.75, 3.05) is 20.3 Å². The lowest BCUT2D eigenvalue weighted by molar-refractivity contribution is -0.167. The number of rotatable bonds is 7. The summed E-state index contributed by atoms with van der Waals surface area (Å²) in [6.07, 6.45) is -2.44. The van der Waals surface area contributed by atoms with Crippen LogP contribution in [0, 0.1) is 5.92 Å². The number of hydrogen-bond acceptors (Lipinski definition) is 3. The van der Waals surface area contributed by atoms with Crippen molar-refractivity contribution in [3.05, 3.63) is 0 Å². The number of nitrogens with zero attached hydrogens (tertiary/aromatic N) is 1. The summed E-state index contributed by atoms with van der Waals surface area (Å²) in [5.41, 5.74) is 5.64. The number of amides is 1. The molecule has 4 nitrogen and oxygen atoms in total. The van der Waals surface area contributed by atoms with Gasteiger partial charge in [-0.05, 0) is 32.1 Å². The van der Waals surface area contributed by atoms with E-state index in [1.54, 1.807) is 6.92 Å². The van der Waals surface area contributed by atoms with Crippen LogP contribution in [0.1, 0.15) is 26.2 Å². The van der Waals surface area contributed by atoms with E-state index in [1.165, 1.54) is 7.11 Å². The summed E-state index contributed by atoms with van der Waals surface area (Å²) in [5, 5.41) is 0. The molecule has 0 heterocycles. The number of methoxy groups -OCH3 is 1. The highest BCUT2D eigenvalue weighted by Crippen LogP contribution is 2.36. The minimum absolute atomic E-state index is 0.168. The van der Waals surface area contributed by atoms with Crippen molar-refractivity contribution >= 4 is 5.91 Å². The number of carbonyl (C=O) groups is 1. The summed E-state index contributed by atoms with van der Waals surface area (Å²) in [6.45, 7) is 0.680. The summed E-state index contributed by atoms with van der Waals surface area (Å²) < 4.78 is 42.5. The van der Waals surface area contributed by atoms with Gasteiger partial charge < -0.3 is 15.4 Å². The molecule has 0 aromatic carbocycles. The third kappa shape index (κ3) is 5.36. The summed E-state index contributed by atoms with van der Waals surface area (Å²) in [5.74, 6) is -0.477. The zero-order chi connectivity index (χ0) is 14.6. The quantitative estimate of drug-likeness (QED) is 0.770. The number of alkyl halides is 3. The molecule has 0 aromatic heterocycles. The molecule has 1 amide bonds. The lowest BCUT2D eigenvalue weighted by Gasteiger charge is -2.32. The highest BCUT2D eigenvalue weighted by atomic mass is 19.4. The minimum Gasteiger partial charge on any atom is -0.385 e. The predicted octanol–water partition coefficient (Wildman–Crippen LogP) is 1.54. The number of ether oxygens (including phenoxy) is 1. The van der Waals surface area contributed by atoms with Gasteiger partial charge in [-0.25, -0.2) is 0 Å². The van der Waals surface area contributed by atoms with Gasteiger partial charge in [0.25, 0.3) is 0 Å². The van der Waals surface area contributed by atoms with E-state index >= 15 is 0 Å². The molecular formula is C12H21F3N2O2. The zero-order valence-electron chi connectivity index (χ0n) is 11.2. The average molecular weight is 282 g/mol. The van der Waals surface area contributed by atoms with Gasteiger partial charge in [0, 0.05) is 19.8 Å². The smallest absolute Gasteiger partial charge is 0.385 e. The first-order valence-electron chi connectivity index (χ1n) is 6.38. The van der Waals surface area contributed by atoms with Gasteiger partial charge in [0.2, 0.25) is 5.91 Å². The van der Waals surface area contributed by atoms with Crippen molar-refractivity contribution in [3.8, 4) is 0 Å². The molecule has 1 rings (SSSR count). The van der Waals surface area contributed by atoms with Gasteiger partial charge in [-0.3, -0.25) is 4.79 Å². The van der Waals surface area contributed by atoms with Crippen LogP contribution >= 0.6 is 0 Å². The van der Waals surface area contributed by atoms with E-state index in [2.05, 4.69) is 0 Å². The number of carbonyl (C=O) groups excluding carboxylic acids is 1. The van der Waals surface area contributed by atoms with Crippen molar-refractivity contribution in [3.63, 3.8) is 0 Å². The van der Waals surface area contributed by atoms with Crippen LogP contribution in [-0.4, -0.2) is 49.3 Å². The topological polar surface area (TPSA) is 55.6 Å². The molecule has 1 saturated carbocycles. The number of nitrogens with two attached hydrogens (primary N) is 1. The van der Waals surface area contributed by atoms with Gasteiger partial charge >= 0.3 is 6.18 Å². The van der Waals surface area contributed by atoms with E-state index in [9.17, 15) is 18.0 Å². The number of halogens is 3. The molecule has 0 aromatic rings. The van der Waals surface area contributed by atoms with Crippen LogP contribution in [-0.2, 0) is 9.53 Å². The second-order valence-corrected chi connectivity index (χ2v) is 5.05. The van der Waals surface area contributed by atoms with Crippen molar-refractivity contribution < 1.29 is 22.7 Å². The Morgan fingerprint density at radius 3 is 2.47 bits per heavy atom. The molecule has 2 unspecified atom stereocenters. The minimum atomic E-state index is -4.40. The second-order valence-electron chi connectivity index (χ2n) is 5.05. The van der Waals surface area contributed by atoms with E-state index < -0.39 is 30.7 Å². The maximum atomic E-state index is 12.6. The lowest BCUT2D eigenvalue weighted by atomic mass is 10.1. The fraction of sp³-hybridized carbons (Fsp3) is 0.917. The third-order valence-corrected chi connectivity index (χ3v) is 3.38. The Labute approximate surface area is 111 Å². The molecule has 0 radical (unpaired) electrons. The molecule has 2 N–H and O–H groups in total. The average Bonchev–Trinajstić information content (AvgIpc) is 3.14. The Hall–Kier alpha value is -0.820. The monoisotopic (exact) mass is 282 g/mol. The normalized spacial score (nSPS) is 19.1. The second kappa shape index (κ2) is 6.56. The molecule has 2 atom stereocenters. The molecule has 0 spiro atoms. The molecule has 1 aliphatic carbocycles. The SMILES string of the molecule is COCCC(N)C(=O)N(CC(F)(F)F)C(C)C1CC1. The largest absolute Gasteiger partial charge is 0.406 e. The van der Waals surface area contributed by atoms with Gasteiger partial charge in [-0.1, -0.05) is 0 Å². The van der Waals surface area contributed by atoms with E-state index in [0.717, 1.165) is 17.7 Å². The van der Waals surface area contributed by atoms with Gasteiger partial charge in [0.1, 0.15) is 6.54 Å². The lowest BCUT2D eigenvalue weighted by Crippen LogP contribution is -2.52. The molecular weight excluding hydrogens is 261 g/mol. The molecule has 7 heteroatoms. The third-order valence-electron chi connectivity index (χ3n) is 3.38. The maximum Gasteiger partial charge on any atom is 0.406 e. The van der Waals surface area contributed by atoms with Gasteiger partial charge in [-0.2, -0.15) is 13.2 Å². The predicted molar refractivity (Wildman–Crippen MR) is 64.4 cm³/mol. The first-order valence-corrected chi connectivity index (χ1v) is 6.38. The van der Waals surface area contributed by atoms with Crippen molar-refractivity contribution in [1.29, 1.82) is 0 Å². The van der Waals surface area contributed by atoms with Crippen LogP contribution in [0.3, 0.4) is 0 Å². The van der Waals surface area contributed by atoms with Crippen molar-refractivity contribution in [2.45, 2.75) is 44.4 Å². The highest BCUT2D eigenvalue weighted by Gasteiger charge is 2.41. The Bertz CT molecular complexity index is 306. The highest BCUT2D eigenvalue weighted by molar-refractivity contribution is 5.82. The first-order chi connectivity index (χ1) is 8.76. The molecule has 112 valence electrons. The van der Waals surface area contributed by atoms with Crippen LogP contribution < -0.4 is 5.73 Å². The van der Waals surface area contributed by atoms with Gasteiger partial charge in [-0.15, -0.1) is 0 Å². The fourth-order valence-electron chi connectivity index (χ4n) is 2.03. The number of hydrogen-bond donors (Lipinski definition) is 1. The van der Waals surface area contributed by atoms with Gasteiger partial charge in [0.15, 0.2) is 0 Å². The van der Waals surface area contributed by atoms with Crippen LogP contribution in [0.5, 0.6) is 0 Å². The summed E-state index contributed by atoms with van der Waals surface area (Å²) in [4.78, 5) is 12.9. The fourth-order valence-corrected chi connectivity index (χ4v) is 2.03. The zero-order valence-corrected chi connectivity index (χ0v) is 11.2. The molecule has 1 fully saturated rings. The van der Waals surface area contributed by atoms with Crippen LogP contribution in [0.15, 0.2) is 0 Å².